The molecule has 0 fully saturated rings. The number of hydrogen-bond acceptors (Lipinski definition) is 5. The molecular formula is C11H16N2O3. The number of aromatic nitrogens is 1. The second-order valence-corrected chi connectivity index (χ2v) is 3.59. The van der Waals surface area contributed by atoms with Crippen molar-refractivity contribution < 1.29 is 14.6 Å². The van der Waals surface area contributed by atoms with Crippen LogP contribution in [0.5, 0.6) is 0 Å². The molecule has 0 aliphatic carbocycles. The second-order valence-electron chi connectivity index (χ2n) is 3.59. The first-order valence-electron chi connectivity index (χ1n) is 5.06. The van der Waals surface area contributed by atoms with E-state index in [1.165, 1.54) is 13.3 Å². The predicted molar refractivity (Wildman–Crippen MR) is 60.3 cm³/mol. The fraction of sp³-hybridized carbons (Fsp3) is 0.455. The Morgan fingerprint density at radius 3 is 3.06 bits per heavy atom. The van der Waals surface area contributed by atoms with E-state index in [1.54, 1.807) is 12.1 Å². The standard InChI is InChI=1S/C11H16N2O3/c1-8(7-14)6-13-9-3-4-12-10(5-9)11(15)16-2/h3-5,8,14H,6-7H2,1-2H3,(H,12,13). The van der Waals surface area contributed by atoms with Crippen molar-refractivity contribution >= 4 is 11.7 Å². The molecule has 0 spiro atoms. The van der Waals surface area contributed by atoms with Gasteiger partial charge < -0.3 is 15.2 Å². The fourth-order valence-electron chi connectivity index (χ4n) is 1.11. The average Bonchev–Trinajstić information content (AvgIpc) is 2.35. The molecule has 2 N–H and O–H groups in total. The van der Waals surface area contributed by atoms with Crippen molar-refractivity contribution in [2.75, 3.05) is 25.6 Å². The van der Waals surface area contributed by atoms with Crippen molar-refractivity contribution in [1.82, 2.24) is 4.98 Å². The van der Waals surface area contributed by atoms with E-state index in [4.69, 9.17) is 5.11 Å². The van der Waals surface area contributed by atoms with Crippen molar-refractivity contribution in [2.45, 2.75) is 6.92 Å². The highest BCUT2D eigenvalue weighted by molar-refractivity contribution is 5.88. The summed E-state index contributed by atoms with van der Waals surface area (Å²) in [6, 6.07) is 3.38. The zero-order valence-corrected chi connectivity index (χ0v) is 9.43. The summed E-state index contributed by atoms with van der Waals surface area (Å²) in [6.45, 7) is 2.69. The number of aliphatic hydroxyl groups excluding tert-OH is 1. The maximum Gasteiger partial charge on any atom is 0.356 e. The van der Waals surface area contributed by atoms with Crippen LogP contribution >= 0.6 is 0 Å². The molecule has 0 aliphatic heterocycles. The van der Waals surface area contributed by atoms with Crippen LogP contribution in [0.25, 0.3) is 0 Å². The molecule has 0 saturated heterocycles. The quantitative estimate of drug-likeness (QED) is 0.727. The highest BCUT2D eigenvalue weighted by Gasteiger charge is 2.07. The second kappa shape index (κ2) is 6.07. The molecule has 0 radical (unpaired) electrons. The Hall–Kier alpha value is -1.62. The van der Waals surface area contributed by atoms with Gasteiger partial charge in [-0.2, -0.15) is 0 Å². The first kappa shape index (κ1) is 12.4. The minimum atomic E-state index is -0.459. The predicted octanol–water partition coefficient (Wildman–Crippen LogP) is 0.908. The van der Waals surface area contributed by atoms with Gasteiger partial charge in [-0.15, -0.1) is 0 Å². The van der Waals surface area contributed by atoms with E-state index < -0.39 is 5.97 Å². The third kappa shape index (κ3) is 3.51. The highest BCUT2D eigenvalue weighted by Crippen LogP contribution is 2.09. The molecule has 1 aromatic rings. The van der Waals surface area contributed by atoms with Gasteiger partial charge in [0.2, 0.25) is 0 Å². The van der Waals surface area contributed by atoms with E-state index in [0.29, 0.717) is 6.54 Å². The van der Waals surface area contributed by atoms with Crippen molar-refractivity contribution in [2.24, 2.45) is 5.92 Å². The van der Waals surface area contributed by atoms with Crippen LogP contribution in [-0.4, -0.2) is 36.3 Å². The lowest BCUT2D eigenvalue weighted by atomic mass is 10.2. The molecule has 5 heteroatoms. The van der Waals surface area contributed by atoms with Gasteiger partial charge in [-0.25, -0.2) is 9.78 Å². The molecule has 0 aliphatic rings. The van der Waals surface area contributed by atoms with Crippen LogP contribution in [0, 0.1) is 5.92 Å². The van der Waals surface area contributed by atoms with E-state index in [0.717, 1.165) is 5.69 Å². The molecule has 1 unspecified atom stereocenters. The van der Waals surface area contributed by atoms with Crippen molar-refractivity contribution in [3.8, 4) is 0 Å². The number of methoxy groups -OCH3 is 1. The van der Waals surface area contributed by atoms with E-state index in [9.17, 15) is 4.79 Å². The molecule has 1 aromatic heterocycles. The Balaban J connectivity index is 2.64. The molecule has 1 atom stereocenters. The topological polar surface area (TPSA) is 71.5 Å². The van der Waals surface area contributed by atoms with Crippen LogP contribution in [0.1, 0.15) is 17.4 Å². The SMILES string of the molecule is COC(=O)c1cc(NCC(C)CO)ccn1. The van der Waals surface area contributed by atoms with Crippen LogP contribution < -0.4 is 5.32 Å². The molecule has 1 heterocycles. The number of carbonyl (C=O) groups excluding carboxylic acids is 1. The smallest absolute Gasteiger partial charge is 0.356 e. The van der Waals surface area contributed by atoms with Crippen LogP contribution in [0.15, 0.2) is 18.3 Å². The third-order valence-corrected chi connectivity index (χ3v) is 2.12. The number of carbonyl (C=O) groups is 1. The van der Waals surface area contributed by atoms with Crippen molar-refractivity contribution in [3.63, 3.8) is 0 Å². The summed E-state index contributed by atoms with van der Waals surface area (Å²) in [6.07, 6.45) is 1.54. The lowest BCUT2D eigenvalue weighted by molar-refractivity contribution is 0.0594. The van der Waals surface area contributed by atoms with Gasteiger partial charge in [0.15, 0.2) is 0 Å². The van der Waals surface area contributed by atoms with Gasteiger partial charge in [0.25, 0.3) is 0 Å². The van der Waals surface area contributed by atoms with Crippen LogP contribution in [0.4, 0.5) is 5.69 Å². The van der Waals surface area contributed by atoms with Gasteiger partial charge in [-0.1, -0.05) is 6.92 Å². The Morgan fingerprint density at radius 1 is 1.69 bits per heavy atom. The van der Waals surface area contributed by atoms with Crippen LogP contribution in [0.3, 0.4) is 0 Å². The molecule has 1 rings (SSSR count). The number of nitrogens with zero attached hydrogens (tertiary/aromatic N) is 1. The summed E-state index contributed by atoms with van der Waals surface area (Å²) in [5.74, 6) is -0.298. The Labute approximate surface area is 94.5 Å². The summed E-state index contributed by atoms with van der Waals surface area (Å²) in [7, 11) is 1.32. The van der Waals surface area contributed by atoms with E-state index >= 15 is 0 Å². The van der Waals surface area contributed by atoms with Crippen LogP contribution in [-0.2, 0) is 4.74 Å². The summed E-state index contributed by atoms with van der Waals surface area (Å²) >= 11 is 0. The summed E-state index contributed by atoms with van der Waals surface area (Å²) < 4.78 is 4.57. The van der Waals surface area contributed by atoms with E-state index in [-0.39, 0.29) is 18.2 Å². The number of hydrogen-bond donors (Lipinski definition) is 2. The largest absolute Gasteiger partial charge is 0.464 e. The van der Waals surface area contributed by atoms with Gasteiger partial charge in [0, 0.05) is 25.0 Å². The Morgan fingerprint density at radius 2 is 2.44 bits per heavy atom. The van der Waals surface area contributed by atoms with Gasteiger partial charge in [-0.3, -0.25) is 0 Å². The summed E-state index contributed by atoms with van der Waals surface area (Å²) in [5.41, 5.74) is 1.06. The average molecular weight is 224 g/mol. The zero-order valence-electron chi connectivity index (χ0n) is 9.43. The molecule has 0 bridgehead atoms. The lowest BCUT2D eigenvalue weighted by Crippen LogP contribution is -2.15. The lowest BCUT2D eigenvalue weighted by Gasteiger charge is -2.11. The number of anilines is 1. The Bertz CT molecular complexity index is 355. The van der Waals surface area contributed by atoms with Crippen LogP contribution in [0.2, 0.25) is 0 Å². The normalized spacial score (nSPS) is 11.9. The minimum Gasteiger partial charge on any atom is -0.464 e. The Kier molecular flexibility index (Phi) is 4.72. The molecular weight excluding hydrogens is 208 g/mol. The summed E-state index contributed by atoms with van der Waals surface area (Å²) in [4.78, 5) is 15.1. The van der Waals surface area contributed by atoms with Crippen molar-refractivity contribution in [3.05, 3.63) is 24.0 Å². The van der Waals surface area contributed by atoms with Crippen molar-refractivity contribution in [1.29, 1.82) is 0 Å². The van der Waals surface area contributed by atoms with Gasteiger partial charge in [0.1, 0.15) is 5.69 Å². The maximum absolute atomic E-state index is 11.2. The molecule has 0 amide bonds. The number of nitrogens with one attached hydrogen (secondary N) is 1. The number of esters is 1. The van der Waals surface area contributed by atoms with Gasteiger partial charge in [-0.05, 0) is 18.1 Å². The summed E-state index contributed by atoms with van der Waals surface area (Å²) in [5, 5.41) is 12.0. The number of pyridine rings is 1. The first-order chi connectivity index (χ1) is 7.67. The highest BCUT2D eigenvalue weighted by atomic mass is 16.5. The fourth-order valence-corrected chi connectivity index (χ4v) is 1.11. The van der Waals surface area contributed by atoms with E-state index in [1.807, 2.05) is 6.92 Å². The molecule has 0 saturated carbocycles. The van der Waals surface area contributed by atoms with Gasteiger partial charge >= 0.3 is 5.97 Å². The molecule has 0 aromatic carbocycles. The van der Waals surface area contributed by atoms with Gasteiger partial charge in [0.05, 0.1) is 7.11 Å². The molecule has 5 nitrogen and oxygen atoms in total. The number of rotatable bonds is 5. The van der Waals surface area contributed by atoms with E-state index in [2.05, 4.69) is 15.0 Å². The first-order valence-corrected chi connectivity index (χ1v) is 5.06. The monoisotopic (exact) mass is 224 g/mol. The number of ether oxygens (including phenoxy) is 1. The minimum absolute atomic E-state index is 0.127. The maximum atomic E-state index is 11.2. The molecule has 16 heavy (non-hydrogen) atoms. The number of aliphatic hydroxyl groups is 1. The molecule has 88 valence electrons. The zero-order chi connectivity index (χ0) is 12.0. The third-order valence-electron chi connectivity index (χ3n) is 2.12.